The normalized spacial score (nSPS) is 22.3. The highest BCUT2D eigenvalue weighted by Crippen LogP contribution is 2.30. The molecule has 4 heteroatoms. The summed E-state index contributed by atoms with van der Waals surface area (Å²) in [6, 6.07) is 4.29. The third kappa shape index (κ3) is 2.70. The molecule has 2 rings (SSSR count). The first-order valence-corrected chi connectivity index (χ1v) is 6.48. The fourth-order valence-electron chi connectivity index (χ4n) is 2.84. The van der Waals surface area contributed by atoms with Crippen LogP contribution in [0.5, 0.6) is 0 Å². The van der Waals surface area contributed by atoms with Crippen LogP contribution >= 0.6 is 0 Å². The van der Waals surface area contributed by atoms with Gasteiger partial charge in [0, 0.05) is 30.3 Å². The van der Waals surface area contributed by atoms with Gasteiger partial charge in [-0.15, -0.1) is 0 Å². The van der Waals surface area contributed by atoms with Crippen molar-refractivity contribution in [3.63, 3.8) is 0 Å². The molecule has 0 aliphatic carbocycles. The van der Waals surface area contributed by atoms with Crippen LogP contribution in [0.25, 0.3) is 0 Å². The van der Waals surface area contributed by atoms with E-state index in [1.807, 2.05) is 14.0 Å². The average molecular weight is 254 g/mol. The Bertz CT molecular complexity index is 409. The molecule has 2 unspecified atom stereocenters. The van der Waals surface area contributed by atoms with Crippen molar-refractivity contribution >= 4 is 0 Å². The van der Waals surface area contributed by atoms with E-state index >= 15 is 0 Å². The first-order chi connectivity index (χ1) is 8.63. The monoisotopic (exact) mass is 254 g/mol. The third-order valence-electron chi connectivity index (χ3n) is 3.77. The molecule has 0 radical (unpaired) electrons. The molecule has 100 valence electrons. The predicted octanol–water partition coefficient (Wildman–Crippen LogP) is 2.71. The van der Waals surface area contributed by atoms with Gasteiger partial charge < -0.3 is 5.32 Å². The number of rotatable bonds is 4. The number of hydrogen-bond donors (Lipinski definition) is 1. The van der Waals surface area contributed by atoms with Gasteiger partial charge in [0.05, 0.1) is 0 Å². The Morgan fingerprint density at radius 3 is 2.89 bits per heavy atom. The second-order valence-electron chi connectivity index (χ2n) is 4.93. The molecule has 1 aliphatic heterocycles. The van der Waals surface area contributed by atoms with E-state index in [0.717, 1.165) is 32.0 Å². The molecule has 0 aromatic heterocycles. The summed E-state index contributed by atoms with van der Waals surface area (Å²) in [5.74, 6) is -0.964. The van der Waals surface area contributed by atoms with Gasteiger partial charge in [-0.3, -0.25) is 4.90 Å². The van der Waals surface area contributed by atoms with Crippen molar-refractivity contribution in [3.8, 4) is 0 Å². The minimum absolute atomic E-state index is 0.00792. The molecule has 1 aromatic carbocycles. The zero-order valence-electron chi connectivity index (χ0n) is 10.9. The van der Waals surface area contributed by atoms with Gasteiger partial charge in [-0.05, 0) is 39.4 Å². The molecular formula is C14H20F2N2. The molecule has 1 N–H and O–H groups in total. The van der Waals surface area contributed by atoms with Crippen LogP contribution in [-0.2, 0) is 0 Å². The standard InChI is InChI=1S/C14H20F2N2/c1-10(13-6-5-11(15)8-14(13)16)18-7-3-4-12(18)9-17-2/h5-6,8,10,12,17H,3-4,7,9H2,1-2H3. The molecule has 0 bridgehead atoms. The molecule has 2 atom stereocenters. The van der Waals surface area contributed by atoms with Crippen LogP contribution in [0.3, 0.4) is 0 Å². The third-order valence-corrected chi connectivity index (χ3v) is 3.77. The zero-order chi connectivity index (χ0) is 13.1. The molecule has 1 heterocycles. The smallest absolute Gasteiger partial charge is 0.130 e. The predicted molar refractivity (Wildman–Crippen MR) is 68.4 cm³/mol. The summed E-state index contributed by atoms with van der Waals surface area (Å²) < 4.78 is 26.7. The molecule has 0 amide bonds. The van der Waals surface area contributed by atoms with Crippen molar-refractivity contribution < 1.29 is 8.78 Å². The first kappa shape index (κ1) is 13.4. The van der Waals surface area contributed by atoms with Crippen LogP contribution in [0.15, 0.2) is 18.2 Å². The van der Waals surface area contributed by atoms with E-state index in [0.29, 0.717) is 11.6 Å². The van der Waals surface area contributed by atoms with Crippen molar-refractivity contribution in [2.75, 3.05) is 20.1 Å². The number of nitrogens with zero attached hydrogens (tertiary/aromatic N) is 1. The van der Waals surface area contributed by atoms with Crippen LogP contribution in [0.2, 0.25) is 0 Å². The van der Waals surface area contributed by atoms with Gasteiger partial charge >= 0.3 is 0 Å². The fourth-order valence-corrected chi connectivity index (χ4v) is 2.84. The summed E-state index contributed by atoms with van der Waals surface area (Å²) in [6.45, 7) is 3.88. The molecule has 1 fully saturated rings. The van der Waals surface area contributed by atoms with E-state index in [2.05, 4.69) is 10.2 Å². The molecule has 1 aliphatic rings. The second-order valence-corrected chi connectivity index (χ2v) is 4.93. The van der Waals surface area contributed by atoms with Crippen molar-refractivity contribution in [2.45, 2.75) is 31.8 Å². The Labute approximate surface area is 107 Å². The summed E-state index contributed by atoms with van der Waals surface area (Å²) in [4.78, 5) is 2.30. The van der Waals surface area contributed by atoms with Crippen molar-refractivity contribution in [1.82, 2.24) is 10.2 Å². The SMILES string of the molecule is CNCC1CCCN1C(C)c1ccc(F)cc1F. The first-order valence-electron chi connectivity index (χ1n) is 6.48. The maximum absolute atomic E-state index is 13.8. The van der Waals surface area contributed by atoms with E-state index in [-0.39, 0.29) is 6.04 Å². The van der Waals surface area contributed by atoms with E-state index in [1.54, 1.807) is 6.07 Å². The van der Waals surface area contributed by atoms with Crippen LogP contribution in [0, 0.1) is 11.6 Å². The second kappa shape index (κ2) is 5.76. The zero-order valence-corrected chi connectivity index (χ0v) is 10.9. The number of nitrogens with one attached hydrogen (secondary N) is 1. The largest absolute Gasteiger partial charge is 0.318 e. The molecule has 18 heavy (non-hydrogen) atoms. The van der Waals surface area contributed by atoms with Crippen LogP contribution in [0.1, 0.15) is 31.4 Å². The maximum Gasteiger partial charge on any atom is 0.130 e. The van der Waals surface area contributed by atoms with Crippen molar-refractivity contribution in [2.24, 2.45) is 0 Å². The van der Waals surface area contributed by atoms with Crippen LogP contribution < -0.4 is 5.32 Å². The van der Waals surface area contributed by atoms with E-state index in [4.69, 9.17) is 0 Å². The summed E-state index contributed by atoms with van der Waals surface area (Å²) in [7, 11) is 1.93. The Morgan fingerprint density at radius 1 is 1.44 bits per heavy atom. The lowest BCUT2D eigenvalue weighted by Gasteiger charge is -2.31. The highest BCUT2D eigenvalue weighted by atomic mass is 19.1. The Morgan fingerprint density at radius 2 is 2.22 bits per heavy atom. The summed E-state index contributed by atoms with van der Waals surface area (Å²) in [5, 5.41) is 3.17. The highest BCUT2D eigenvalue weighted by Gasteiger charge is 2.29. The number of likely N-dealkylation sites (tertiary alicyclic amines) is 1. The number of halogens is 2. The fraction of sp³-hybridized carbons (Fsp3) is 0.571. The van der Waals surface area contributed by atoms with Gasteiger partial charge in [0.25, 0.3) is 0 Å². The minimum Gasteiger partial charge on any atom is -0.318 e. The van der Waals surface area contributed by atoms with E-state index in [9.17, 15) is 8.78 Å². The maximum atomic E-state index is 13.8. The van der Waals surface area contributed by atoms with Crippen LogP contribution in [-0.4, -0.2) is 31.1 Å². The van der Waals surface area contributed by atoms with Gasteiger partial charge in [-0.25, -0.2) is 8.78 Å². The Balaban J connectivity index is 2.17. The topological polar surface area (TPSA) is 15.3 Å². The van der Waals surface area contributed by atoms with Gasteiger partial charge in [-0.2, -0.15) is 0 Å². The Kier molecular flexibility index (Phi) is 4.30. The molecule has 1 aromatic rings. The van der Waals surface area contributed by atoms with E-state index < -0.39 is 11.6 Å². The lowest BCUT2D eigenvalue weighted by molar-refractivity contribution is 0.187. The lowest BCUT2D eigenvalue weighted by atomic mass is 10.0. The van der Waals surface area contributed by atoms with Crippen molar-refractivity contribution in [3.05, 3.63) is 35.4 Å². The number of likely N-dealkylation sites (N-methyl/N-ethyl adjacent to an activating group) is 1. The van der Waals surface area contributed by atoms with Gasteiger partial charge in [-0.1, -0.05) is 6.07 Å². The number of benzene rings is 1. The molecule has 2 nitrogen and oxygen atoms in total. The summed E-state index contributed by atoms with van der Waals surface area (Å²) in [6.07, 6.45) is 2.27. The molecule has 0 saturated carbocycles. The van der Waals surface area contributed by atoms with Crippen LogP contribution in [0.4, 0.5) is 8.78 Å². The summed E-state index contributed by atoms with van der Waals surface area (Å²) in [5.41, 5.74) is 0.583. The quantitative estimate of drug-likeness (QED) is 0.888. The van der Waals surface area contributed by atoms with Gasteiger partial charge in [0.2, 0.25) is 0 Å². The summed E-state index contributed by atoms with van der Waals surface area (Å²) >= 11 is 0. The van der Waals surface area contributed by atoms with Crippen molar-refractivity contribution in [1.29, 1.82) is 0 Å². The molecular weight excluding hydrogens is 234 g/mol. The molecule has 0 spiro atoms. The Hall–Kier alpha value is -1.00. The van der Waals surface area contributed by atoms with E-state index in [1.165, 1.54) is 6.07 Å². The van der Waals surface area contributed by atoms with Gasteiger partial charge in [0.15, 0.2) is 0 Å². The lowest BCUT2D eigenvalue weighted by Crippen LogP contribution is -2.38. The number of hydrogen-bond acceptors (Lipinski definition) is 2. The average Bonchev–Trinajstić information content (AvgIpc) is 2.77. The van der Waals surface area contributed by atoms with Gasteiger partial charge in [0.1, 0.15) is 11.6 Å². The minimum atomic E-state index is -0.517. The highest BCUT2D eigenvalue weighted by molar-refractivity contribution is 5.22. The molecule has 1 saturated heterocycles.